The number of hydrogen-bond donors (Lipinski definition) is 0. The Morgan fingerprint density at radius 3 is 1.93 bits per heavy atom. The first kappa shape index (κ1) is 14.8. The van der Waals surface area contributed by atoms with Gasteiger partial charge >= 0.3 is 9.28 Å². The predicted molar refractivity (Wildman–Crippen MR) is 61.9 cm³/mol. The Bertz CT molecular complexity index is 154. The summed E-state index contributed by atoms with van der Waals surface area (Å²) in [5.41, 5.74) is 0. The van der Waals surface area contributed by atoms with Crippen molar-refractivity contribution < 1.29 is 18.3 Å². The summed E-state index contributed by atoms with van der Waals surface area (Å²) < 4.78 is 21.4. The highest BCUT2D eigenvalue weighted by molar-refractivity contribution is 6.44. The molecule has 2 atom stereocenters. The third-order valence-electron chi connectivity index (χ3n) is 1.96. The van der Waals surface area contributed by atoms with E-state index in [0.29, 0.717) is 0 Å². The van der Waals surface area contributed by atoms with Crippen LogP contribution in [0.1, 0.15) is 20.3 Å². The molecule has 2 unspecified atom stereocenters. The second kappa shape index (κ2) is 9.05. The van der Waals surface area contributed by atoms with Crippen molar-refractivity contribution in [1.29, 1.82) is 0 Å². The fourth-order valence-electron chi connectivity index (χ4n) is 0.961. The number of methoxy groups -OCH3 is 2. The van der Waals surface area contributed by atoms with Crippen LogP contribution >= 0.6 is 0 Å². The Kier molecular flexibility index (Phi) is 8.93. The number of ether oxygens (including phenoxy) is 2. The summed E-state index contributed by atoms with van der Waals surface area (Å²) in [5.74, 6) is 0. The van der Waals surface area contributed by atoms with Gasteiger partial charge in [0.1, 0.15) is 12.6 Å². The van der Waals surface area contributed by atoms with Gasteiger partial charge in [-0.15, -0.1) is 6.58 Å². The minimum absolute atomic E-state index is 0.226. The summed E-state index contributed by atoms with van der Waals surface area (Å²) in [5, 5.41) is 0. The Morgan fingerprint density at radius 1 is 1.13 bits per heavy atom. The van der Waals surface area contributed by atoms with Crippen LogP contribution in [0.4, 0.5) is 0 Å². The summed E-state index contributed by atoms with van der Waals surface area (Å²) in [6.07, 6.45) is 2.30. The van der Waals surface area contributed by atoms with Gasteiger partial charge in [-0.3, -0.25) is 0 Å². The van der Waals surface area contributed by atoms with Gasteiger partial charge in [0.2, 0.25) is 0 Å². The highest BCUT2D eigenvalue weighted by Gasteiger charge is 2.18. The summed E-state index contributed by atoms with van der Waals surface area (Å²) in [7, 11) is 1.51. The van der Waals surface area contributed by atoms with Crippen LogP contribution in [0.5, 0.6) is 0 Å². The van der Waals surface area contributed by atoms with Crippen molar-refractivity contribution in [3.8, 4) is 0 Å². The van der Waals surface area contributed by atoms with Crippen molar-refractivity contribution in [1.82, 2.24) is 0 Å². The average Bonchev–Trinajstić information content (AvgIpc) is 2.25. The Labute approximate surface area is 94.0 Å². The Hall–Kier alpha value is -0.203. The van der Waals surface area contributed by atoms with Gasteiger partial charge in [0, 0.05) is 14.2 Å². The Balaban J connectivity index is 3.98. The van der Waals surface area contributed by atoms with Crippen LogP contribution in [0.3, 0.4) is 0 Å². The third-order valence-corrected chi connectivity index (χ3v) is 4.14. The average molecular weight is 234 g/mol. The highest BCUT2D eigenvalue weighted by Crippen LogP contribution is 2.08. The largest absolute Gasteiger partial charge is 0.370 e. The lowest BCUT2D eigenvalue weighted by atomic mass is 10.5. The minimum atomic E-state index is -1.72. The first-order valence-electron chi connectivity index (χ1n) is 5.11. The van der Waals surface area contributed by atoms with Crippen LogP contribution < -0.4 is 0 Å². The van der Waals surface area contributed by atoms with E-state index in [1.165, 1.54) is 0 Å². The zero-order chi connectivity index (χ0) is 11.7. The highest BCUT2D eigenvalue weighted by atomic mass is 28.3. The molecule has 0 heterocycles. The molecule has 0 rings (SSSR count). The monoisotopic (exact) mass is 234 g/mol. The lowest BCUT2D eigenvalue weighted by molar-refractivity contribution is -0.0931. The van der Waals surface area contributed by atoms with Crippen LogP contribution in [-0.4, -0.2) is 36.1 Å². The van der Waals surface area contributed by atoms with Gasteiger partial charge in [0.05, 0.1) is 0 Å². The predicted octanol–water partition coefficient (Wildman–Crippen LogP) is 1.80. The molecular formula is C10H22O4Si. The minimum Gasteiger partial charge on any atom is -0.370 e. The molecule has 0 saturated heterocycles. The summed E-state index contributed by atoms with van der Waals surface area (Å²) in [6, 6.07) is 0.880. The summed E-state index contributed by atoms with van der Waals surface area (Å²) >= 11 is 0. The van der Waals surface area contributed by atoms with Gasteiger partial charge < -0.3 is 18.3 Å². The van der Waals surface area contributed by atoms with E-state index in [2.05, 4.69) is 6.58 Å². The first-order chi connectivity index (χ1) is 7.13. The molecule has 0 radical (unpaired) electrons. The maximum Gasteiger partial charge on any atom is 0.325 e. The van der Waals surface area contributed by atoms with Crippen LogP contribution in [0.2, 0.25) is 6.04 Å². The molecule has 0 aliphatic heterocycles. The van der Waals surface area contributed by atoms with Gasteiger partial charge in [0.25, 0.3) is 0 Å². The zero-order valence-corrected chi connectivity index (χ0v) is 11.2. The van der Waals surface area contributed by atoms with Crippen molar-refractivity contribution in [3.63, 3.8) is 0 Å². The lowest BCUT2D eigenvalue weighted by Crippen LogP contribution is -2.32. The third kappa shape index (κ3) is 7.69. The van der Waals surface area contributed by atoms with E-state index < -0.39 is 9.28 Å². The molecule has 0 bridgehead atoms. The summed E-state index contributed by atoms with van der Waals surface area (Å²) in [4.78, 5) is 0. The molecule has 0 amide bonds. The topological polar surface area (TPSA) is 36.9 Å². The van der Waals surface area contributed by atoms with E-state index in [0.717, 1.165) is 12.5 Å². The van der Waals surface area contributed by atoms with Gasteiger partial charge in [-0.25, -0.2) is 0 Å². The summed E-state index contributed by atoms with van der Waals surface area (Å²) in [6.45, 7) is 7.39. The van der Waals surface area contributed by atoms with Gasteiger partial charge in [-0.05, 0) is 26.3 Å². The van der Waals surface area contributed by atoms with Crippen molar-refractivity contribution in [2.75, 3.05) is 14.2 Å². The maximum absolute atomic E-state index is 5.64. The molecule has 4 nitrogen and oxygen atoms in total. The molecule has 0 aliphatic carbocycles. The van der Waals surface area contributed by atoms with Crippen LogP contribution in [0.15, 0.2) is 12.7 Å². The van der Waals surface area contributed by atoms with Crippen LogP contribution in [0.25, 0.3) is 0 Å². The molecule has 0 N–H and O–H groups in total. The van der Waals surface area contributed by atoms with Crippen molar-refractivity contribution >= 4 is 9.28 Å². The Morgan fingerprint density at radius 2 is 1.60 bits per heavy atom. The van der Waals surface area contributed by atoms with Crippen LogP contribution in [-0.2, 0) is 18.3 Å². The van der Waals surface area contributed by atoms with E-state index in [-0.39, 0.29) is 12.6 Å². The van der Waals surface area contributed by atoms with Crippen molar-refractivity contribution in [2.45, 2.75) is 38.9 Å². The molecular weight excluding hydrogens is 212 g/mol. The molecule has 5 heteroatoms. The fourth-order valence-corrected chi connectivity index (χ4v) is 2.88. The molecule has 0 aromatic carbocycles. The molecule has 0 aliphatic rings. The van der Waals surface area contributed by atoms with E-state index in [1.54, 1.807) is 14.2 Å². The molecule has 0 spiro atoms. The number of hydrogen-bond acceptors (Lipinski definition) is 4. The van der Waals surface area contributed by atoms with Gasteiger partial charge in [0.15, 0.2) is 0 Å². The molecule has 0 aromatic rings. The quantitative estimate of drug-likeness (QED) is 0.346. The van der Waals surface area contributed by atoms with E-state index in [4.69, 9.17) is 18.3 Å². The van der Waals surface area contributed by atoms with Crippen molar-refractivity contribution in [3.05, 3.63) is 12.7 Å². The second-order valence-corrected chi connectivity index (χ2v) is 5.16. The normalized spacial score (nSPS) is 17.1. The number of allylic oxidation sites excluding steroid dienone is 1. The fraction of sp³-hybridized carbons (Fsp3) is 0.800. The standard InChI is InChI=1S/C10H22O4Si/c1-6-7-8-15(13-9(2)11-4)14-10(3)12-5/h6,9-10,15H,1,7-8H2,2-5H3. The molecule has 15 heavy (non-hydrogen) atoms. The molecule has 0 saturated carbocycles. The van der Waals surface area contributed by atoms with Gasteiger partial charge in [-0.2, -0.15) is 0 Å². The zero-order valence-electron chi connectivity index (χ0n) is 10.1. The number of rotatable bonds is 9. The molecule has 0 fully saturated rings. The van der Waals surface area contributed by atoms with E-state index in [1.807, 2.05) is 19.9 Å². The smallest absolute Gasteiger partial charge is 0.325 e. The maximum atomic E-state index is 5.64. The lowest BCUT2D eigenvalue weighted by Gasteiger charge is -2.22. The van der Waals surface area contributed by atoms with E-state index in [9.17, 15) is 0 Å². The molecule has 0 aromatic heterocycles. The van der Waals surface area contributed by atoms with E-state index >= 15 is 0 Å². The molecule has 90 valence electrons. The van der Waals surface area contributed by atoms with Gasteiger partial charge in [-0.1, -0.05) is 6.08 Å². The van der Waals surface area contributed by atoms with Crippen molar-refractivity contribution in [2.24, 2.45) is 0 Å². The van der Waals surface area contributed by atoms with Crippen LogP contribution in [0, 0.1) is 0 Å². The second-order valence-electron chi connectivity index (χ2n) is 3.17. The SMILES string of the molecule is C=CCC[SiH](OC(C)OC)OC(C)OC. The first-order valence-corrected chi connectivity index (χ1v) is 6.87.